The Labute approximate surface area is 108 Å². The van der Waals surface area contributed by atoms with Gasteiger partial charge in [0.15, 0.2) is 0 Å². The number of aromatic nitrogens is 1. The van der Waals surface area contributed by atoms with E-state index in [1.807, 2.05) is 17.2 Å². The number of rotatable bonds is 5. The van der Waals surface area contributed by atoms with Crippen LogP contribution in [0.3, 0.4) is 0 Å². The Morgan fingerprint density at radius 1 is 1.39 bits per heavy atom. The zero-order chi connectivity index (χ0) is 12.8. The molecule has 98 valence electrons. The molecule has 0 fully saturated rings. The van der Waals surface area contributed by atoms with Crippen molar-refractivity contribution in [1.82, 2.24) is 9.88 Å². The number of unbranched alkanes of at least 4 members (excludes halogenated alkanes) is 2. The van der Waals surface area contributed by atoms with Gasteiger partial charge in [-0.05, 0) is 31.0 Å². The summed E-state index contributed by atoms with van der Waals surface area (Å²) in [6.07, 6.45) is 6.37. The Balaban J connectivity index is 1.83. The molecule has 1 aromatic rings. The smallest absolute Gasteiger partial charge is 0.222 e. The number of fused-ring (bicyclic) bond motifs is 1. The number of carbonyl (C=O) groups excluding carboxylic acids is 1. The van der Waals surface area contributed by atoms with E-state index in [1.54, 1.807) is 0 Å². The first-order chi connectivity index (χ1) is 8.81. The van der Waals surface area contributed by atoms with Crippen molar-refractivity contribution in [3.05, 3.63) is 29.6 Å². The van der Waals surface area contributed by atoms with E-state index in [0.717, 1.165) is 51.0 Å². The summed E-state index contributed by atoms with van der Waals surface area (Å²) in [5, 5.41) is 0. The van der Waals surface area contributed by atoms with Gasteiger partial charge in [0, 0.05) is 37.8 Å². The van der Waals surface area contributed by atoms with Crippen molar-refractivity contribution >= 4 is 5.91 Å². The van der Waals surface area contributed by atoms with Gasteiger partial charge in [0.2, 0.25) is 5.91 Å². The Kier molecular flexibility index (Phi) is 4.70. The Bertz CT molecular complexity index is 406. The molecule has 0 unspecified atom stereocenters. The van der Waals surface area contributed by atoms with Crippen molar-refractivity contribution in [2.75, 3.05) is 13.1 Å². The second-order valence-electron chi connectivity index (χ2n) is 4.77. The largest absolute Gasteiger partial charge is 0.338 e. The zero-order valence-corrected chi connectivity index (χ0v) is 10.8. The minimum absolute atomic E-state index is 0.265. The van der Waals surface area contributed by atoms with Gasteiger partial charge in [-0.15, -0.1) is 0 Å². The van der Waals surface area contributed by atoms with Gasteiger partial charge >= 0.3 is 0 Å². The highest BCUT2D eigenvalue weighted by atomic mass is 16.2. The molecule has 0 bridgehead atoms. The summed E-state index contributed by atoms with van der Waals surface area (Å²) in [6.45, 7) is 2.25. The van der Waals surface area contributed by atoms with Crippen LogP contribution in [0.15, 0.2) is 18.3 Å². The van der Waals surface area contributed by atoms with Crippen molar-refractivity contribution in [2.45, 2.75) is 38.6 Å². The van der Waals surface area contributed by atoms with Gasteiger partial charge in [0.1, 0.15) is 0 Å². The minimum Gasteiger partial charge on any atom is -0.338 e. The molecule has 0 aliphatic carbocycles. The number of pyridine rings is 1. The first-order valence-electron chi connectivity index (χ1n) is 6.72. The molecule has 0 saturated heterocycles. The molecule has 2 heterocycles. The molecule has 2 N–H and O–H groups in total. The Hall–Kier alpha value is -1.42. The molecule has 1 aliphatic heterocycles. The molecule has 4 nitrogen and oxygen atoms in total. The number of amides is 1. The SMILES string of the molecule is NCCCCCC(=O)N1CCc2ncccc2C1. The van der Waals surface area contributed by atoms with E-state index >= 15 is 0 Å². The molecule has 0 aromatic carbocycles. The topological polar surface area (TPSA) is 59.2 Å². The molecule has 0 spiro atoms. The highest BCUT2D eigenvalue weighted by molar-refractivity contribution is 5.76. The molecular formula is C14H21N3O. The van der Waals surface area contributed by atoms with Gasteiger partial charge in [-0.25, -0.2) is 0 Å². The van der Waals surface area contributed by atoms with Crippen molar-refractivity contribution < 1.29 is 4.79 Å². The summed E-state index contributed by atoms with van der Waals surface area (Å²) < 4.78 is 0. The fourth-order valence-electron chi connectivity index (χ4n) is 2.33. The third-order valence-electron chi connectivity index (χ3n) is 3.41. The summed E-state index contributed by atoms with van der Waals surface area (Å²) in [5.74, 6) is 0.265. The molecular weight excluding hydrogens is 226 g/mol. The second kappa shape index (κ2) is 6.50. The summed E-state index contributed by atoms with van der Waals surface area (Å²) in [5.41, 5.74) is 7.78. The molecule has 18 heavy (non-hydrogen) atoms. The van der Waals surface area contributed by atoms with Crippen molar-refractivity contribution in [1.29, 1.82) is 0 Å². The molecule has 1 aromatic heterocycles. The lowest BCUT2D eigenvalue weighted by molar-refractivity contribution is -0.132. The van der Waals surface area contributed by atoms with E-state index in [0.29, 0.717) is 6.42 Å². The Morgan fingerprint density at radius 2 is 2.28 bits per heavy atom. The summed E-state index contributed by atoms with van der Waals surface area (Å²) in [7, 11) is 0. The third-order valence-corrected chi connectivity index (χ3v) is 3.41. The van der Waals surface area contributed by atoms with E-state index in [1.165, 1.54) is 5.56 Å². The lowest BCUT2D eigenvalue weighted by atomic mass is 10.0. The number of nitrogens with zero attached hydrogens (tertiary/aromatic N) is 2. The number of nitrogens with two attached hydrogens (primary N) is 1. The van der Waals surface area contributed by atoms with Gasteiger partial charge in [0.05, 0.1) is 0 Å². The monoisotopic (exact) mass is 247 g/mol. The van der Waals surface area contributed by atoms with Crippen LogP contribution < -0.4 is 5.73 Å². The fraction of sp³-hybridized carbons (Fsp3) is 0.571. The van der Waals surface area contributed by atoms with Gasteiger partial charge in [-0.3, -0.25) is 9.78 Å². The Morgan fingerprint density at radius 3 is 3.11 bits per heavy atom. The fourth-order valence-corrected chi connectivity index (χ4v) is 2.33. The lowest BCUT2D eigenvalue weighted by Crippen LogP contribution is -2.36. The van der Waals surface area contributed by atoms with Crippen LogP contribution in [0.25, 0.3) is 0 Å². The molecule has 1 amide bonds. The maximum absolute atomic E-state index is 12.0. The molecule has 4 heteroatoms. The predicted octanol–water partition coefficient (Wildman–Crippen LogP) is 1.49. The first kappa shape index (κ1) is 13.0. The highest BCUT2D eigenvalue weighted by Crippen LogP contribution is 2.17. The maximum atomic E-state index is 12.0. The molecule has 2 rings (SSSR count). The average Bonchev–Trinajstić information content (AvgIpc) is 2.43. The van der Waals surface area contributed by atoms with Crippen molar-refractivity contribution in [3.63, 3.8) is 0 Å². The third kappa shape index (κ3) is 3.29. The van der Waals surface area contributed by atoms with Gasteiger partial charge in [-0.2, -0.15) is 0 Å². The van der Waals surface area contributed by atoms with E-state index in [4.69, 9.17) is 5.73 Å². The molecule has 0 atom stereocenters. The standard InChI is InChI=1S/C14H21N3O/c15-8-3-1-2-6-14(18)17-10-7-13-12(11-17)5-4-9-16-13/h4-5,9H,1-3,6-8,10-11,15H2. The number of hydrogen-bond donors (Lipinski definition) is 1. The van der Waals surface area contributed by atoms with Crippen molar-refractivity contribution in [2.24, 2.45) is 5.73 Å². The van der Waals surface area contributed by atoms with E-state index in [-0.39, 0.29) is 5.91 Å². The van der Waals surface area contributed by atoms with Crippen LogP contribution in [0.5, 0.6) is 0 Å². The summed E-state index contributed by atoms with van der Waals surface area (Å²) in [6, 6.07) is 4.00. The molecule has 0 radical (unpaired) electrons. The maximum Gasteiger partial charge on any atom is 0.222 e. The normalized spacial score (nSPS) is 14.4. The molecule has 0 saturated carbocycles. The van der Waals surface area contributed by atoms with E-state index in [2.05, 4.69) is 11.1 Å². The lowest BCUT2D eigenvalue weighted by Gasteiger charge is -2.28. The van der Waals surface area contributed by atoms with Gasteiger partial charge < -0.3 is 10.6 Å². The van der Waals surface area contributed by atoms with E-state index < -0.39 is 0 Å². The van der Waals surface area contributed by atoms with Crippen LogP contribution >= 0.6 is 0 Å². The number of carbonyl (C=O) groups is 1. The predicted molar refractivity (Wildman–Crippen MR) is 70.9 cm³/mol. The second-order valence-corrected chi connectivity index (χ2v) is 4.77. The quantitative estimate of drug-likeness (QED) is 0.802. The van der Waals surface area contributed by atoms with Gasteiger partial charge in [-0.1, -0.05) is 12.5 Å². The summed E-state index contributed by atoms with van der Waals surface area (Å²) >= 11 is 0. The van der Waals surface area contributed by atoms with Gasteiger partial charge in [0.25, 0.3) is 0 Å². The number of hydrogen-bond acceptors (Lipinski definition) is 3. The van der Waals surface area contributed by atoms with Crippen LogP contribution in [0.4, 0.5) is 0 Å². The highest BCUT2D eigenvalue weighted by Gasteiger charge is 2.20. The first-order valence-corrected chi connectivity index (χ1v) is 6.72. The van der Waals surface area contributed by atoms with Crippen LogP contribution in [0, 0.1) is 0 Å². The summed E-state index contributed by atoms with van der Waals surface area (Å²) in [4.78, 5) is 18.3. The van der Waals surface area contributed by atoms with Crippen LogP contribution in [0.1, 0.15) is 36.9 Å². The average molecular weight is 247 g/mol. The van der Waals surface area contributed by atoms with Crippen LogP contribution in [-0.4, -0.2) is 28.9 Å². The zero-order valence-electron chi connectivity index (χ0n) is 10.8. The van der Waals surface area contributed by atoms with Crippen LogP contribution in [0.2, 0.25) is 0 Å². The van der Waals surface area contributed by atoms with Crippen molar-refractivity contribution in [3.8, 4) is 0 Å². The van der Waals surface area contributed by atoms with Crippen LogP contribution in [-0.2, 0) is 17.8 Å². The minimum atomic E-state index is 0.265. The van der Waals surface area contributed by atoms with E-state index in [9.17, 15) is 4.79 Å². The molecule has 1 aliphatic rings.